The van der Waals surface area contributed by atoms with Gasteiger partial charge in [-0.05, 0) is 29.8 Å². The van der Waals surface area contributed by atoms with E-state index >= 15 is 0 Å². The number of carbonyl (C=O) groups is 2. The summed E-state index contributed by atoms with van der Waals surface area (Å²) in [6.07, 6.45) is 2.81. The molecule has 20 heavy (non-hydrogen) atoms. The minimum Gasteiger partial charge on any atom is -0.352 e. The van der Waals surface area contributed by atoms with Crippen LogP contribution in [0.1, 0.15) is 22.5 Å². The summed E-state index contributed by atoms with van der Waals surface area (Å²) in [5, 5.41) is 2.76. The van der Waals surface area contributed by atoms with E-state index in [1.54, 1.807) is 35.0 Å². The summed E-state index contributed by atoms with van der Waals surface area (Å²) in [6.45, 7) is 0.821. The number of aromatic nitrogens is 1. The summed E-state index contributed by atoms with van der Waals surface area (Å²) in [5.74, 6) is -0.408. The fourth-order valence-electron chi connectivity index (χ4n) is 1.85. The quantitative estimate of drug-likeness (QED) is 0.821. The van der Waals surface area contributed by atoms with E-state index in [0.29, 0.717) is 18.8 Å². The van der Waals surface area contributed by atoms with Gasteiger partial charge in [0.15, 0.2) is 6.29 Å². The van der Waals surface area contributed by atoms with Gasteiger partial charge in [-0.15, -0.1) is 0 Å². The van der Waals surface area contributed by atoms with E-state index in [-0.39, 0.29) is 18.1 Å². The van der Waals surface area contributed by atoms with Crippen LogP contribution in [0.25, 0.3) is 0 Å². The number of carbonyl (C=O) groups excluding carboxylic acids is 2. The molecule has 0 spiro atoms. The molecule has 0 radical (unpaired) electrons. The van der Waals surface area contributed by atoms with Gasteiger partial charge in [-0.3, -0.25) is 9.59 Å². The third-order valence-electron chi connectivity index (χ3n) is 2.97. The zero-order valence-electron chi connectivity index (χ0n) is 10.9. The van der Waals surface area contributed by atoms with E-state index in [9.17, 15) is 14.0 Å². The average Bonchev–Trinajstić information content (AvgIpc) is 2.92. The van der Waals surface area contributed by atoms with E-state index in [0.717, 1.165) is 11.8 Å². The van der Waals surface area contributed by atoms with Crippen LogP contribution in [0.5, 0.6) is 0 Å². The molecule has 0 aliphatic heterocycles. The minimum absolute atomic E-state index is 0.111. The molecule has 2 rings (SSSR count). The number of aryl methyl sites for hydroxylation is 1. The van der Waals surface area contributed by atoms with E-state index in [1.165, 1.54) is 12.1 Å². The molecule has 0 bridgehead atoms. The highest BCUT2D eigenvalue weighted by Crippen LogP contribution is 2.03. The number of halogens is 1. The second-order valence-corrected chi connectivity index (χ2v) is 4.40. The molecule has 5 heteroatoms. The van der Waals surface area contributed by atoms with Gasteiger partial charge in [0.05, 0.1) is 5.69 Å². The van der Waals surface area contributed by atoms with Crippen LogP contribution in [-0.2, 0) is 17.9 Å². The molecule has 1 heterocycles. The molecule has 1 N–H and O–H groups in total. The van der Waals surface area contributed by atoms with E-state index < -0.39 is 0 Å². The molecule has 0 fully saturated rings. The first-order valence-electron chi connectivity index (χ1n) is 6.30. The lowest BCUT2D eigenvalue weighted by molar-refractivity contribution is -0.121. The molecule has 1 aromatic heterocycles. The van der Waals surface area contributed by atoms with Gasteiger partial charge < -0.3 is 9.88 Å². The molecule has 0 saturated carbocycles. The molecular formula is C15H15FN2O2. The Morgan fingerprint density at radius 2 is 2.00 bits per heavy atom. The Morgan fingerprint density at radius 1 is 1.25 bits per heavy atom. The molecule has 1 amide bonds. The van der Waals surface area contributed by atoms with E-state index in [4.69, 9.17) is 0 Å². The summed E-state index contributed by atoms with van der Waals surface area (Å²) < 4.78 is 14.4. The van der Waals surface area contributed by atoms with Gasteiger partial charge in [0.2, 0.25) is 5.91 Å². The summed E-state index contributed by atoms with van der Waals surface area (Å²) >= 11 is 0. The second-order valence-electron chi connectivity index (χ2n) is 4.40. The van der Waals surface area contributed by atoms with Crippen molar-refractivity contribution in [2.45, 2.75) is 19.5 Å². The number of nitrogens with zero attached hydrogens (tertiary/aromatic N) is 1. The fourth-order valence-corrected chi connectivity index (χ4v) is 1.85. The smallest absolute Gasteiger partial charge is 0.222 e. The summed E-state index contributed by atoms with van der Waals surface area (Å²) in [4.78, 5) is 22.4. The van der Waals surface area contributed by atoms with Gasteiger partial charge >= 0.3 is 0 Å². The predicted octanol–water partition coefficient (Wildman–Crippen LogP) is 2.15. The topological polar surface area (TPSA) is 51.1 Å². The fraction of sp³-hybridized carbons (Fsp3) is 0.200. The zero-order valence-corrected chi connectivity index (χ0v) is 10.9. The maximum atomic E-state index is 12.7. The van der Waals surface area contributed by atoms with Crippen molar-refractivity contribution in [3.63, 3.8) is 0 Å². The SMILES string of the molecule is O=Cc1cccn1CCC(=O)NCc1ccc(F)cc1. The van der Waals surface area contributed by atoms with Crippen molar-refractivity contribution in [3.8, 4) is 0 Å². The lowest BCUT2D eigenvalue weighted by Crippen LogP contribution is -2.24. The normalized spacial score (nSPS) is 10.2. The van der Waals surface area contributed by atoms with Crippen molar-refractivity contribution < 1.29 is 14.0 Å². The highest BCUT2D eigenvalue weighted by Gasteiger charge is 2.04. The molecule has 1 aromatic carbocycles. The lowest BCUT2D eigenvalue weighted by atomic mass is 10.2. The van der Waals surface area contributed by atoms with Crippen LogP contribution in [0, 0.1) is 5.82 Å². The van der Waals surface area contributed by atoms with Crippen molar-refractivity contribution >= 4 is 12.2 Å². The highest BCUT2D eigenvalue weighted by molar-refractivity contribution is 5.76. The highest BCUT2D eigenvalue weighted by atomic mass is 19.1. The number of hydrogen-bond acceptors (Lipinski definition) is 2. The standard InChI is InChI=1S/C15H15FN2O2/c16-13-5-3-12(4-6-13)10-17-15(20)7-9-18-8-1-2-14(18)11-19/h1-6,8,11H,7,9-10H2,(H,17,20). The van der Waals surface area contributed by atoms with Crippen molar-refractivity contribution in [2.24, 2.45) is 0 Å². The Balaban J connectivity index is 1.78. The third-order valence-corrected chi connectivity index (χ3v) is 2.97. The van der Waals surface area contributed by atoms with Crippen LogP contribution in [0.4, 0.5) is 4.39 Å². The molecule has 0 aliphatic carbocycles. The van der Waals surface area contributed by atoms with Gasteiger partial charge in [0.1, 0.15) is 5.82 Å². The van der Waals surface area contributed by atoms with Crippen molar-refractivity contribution in [3.05, 3.63) is 59.7 Å². The molecule has 2 aromatic rings. The summed E-state index contributed by atoms with van der Waals surface area (Å²) in [5.41, 5.74) is 1.39. The van der Waals surface area contributed by atoms with Crippen molar-refractivity contribution in [2.75, 3.05) is 0 Å². The van der Waals surface area contributed by atoms with Crippen LogP contribution in [0.3, 0.4) is 0 Å². The average molecular weight is 274 g/mol. The van der Waals surface area contributed by atoms with Gasteiger partial charge in [-0.1, -0.05) is 12.1 Å². The van der Waals surface area contributed by atoms with Crippen LogP contribution in [0.2, 0.25) is 0 Å². The lowest BCUT2D eigenvalue weighted by Gasteiger charge is -2.07. The first kappa shape index (κ1) is 14.0. The zero-order chi connectivity index (χ0) is 14.4. The predicted molar refractivity (Wildman–Crippen MR) is 72.7 cm³/mol. The van der Waals surface area contributed by atoms with Gasteiger partial charge in [0, 0.05) is 25.7 Å². The van der Waals surface area contributed by atoms with Crippen molar-refractivity contribution in [1.29, 1.82) is 0 Å². The molecule has 4 nitrogen and oxygen atoms in total. The Hall–Kier alpha value is -2.43. The Bertz CT molecular complexity index is 590. The second kappa shape index (κ2) is 6.65. The van der Waals surface area contributed by atoms with Gasteiger partial charge in [-0.25, -0.2) is 4.39 Å². The number of aldehydes is 1. The van der Waals surface area contributed by atoms with E-state index in [2.05, 4.69) is 5.32 Å². The Labute approximate surface area is 116 Å². The first-order valence-corrected chi connectivity index (χ1v) is 6.30. The largest absolute Gasteiger partial charge is 0.352 e. The van der Waals surface area contributed by atoms with Crippen LogP contribution in [0.15, 0.2) is 42.6 Å². The molecule has 0 aliphatic rings. The van der Waals surface area contributed by atoms with Gasteiger partial charge in [0.25, 0.3) is 0 Å². The molecule has 0 atom stereocenters. The third kappa shape index (κ3) is 3.78. The Kier molecular flexibility index (Phi) is 4.65. The number of rotatable bonds is 6. The summed E-state index contributed by atoms with van der Waals surface area (Å²) in [7, 11) is 0. The first-order chi connectivity index (χ1) is 9.69. The number of benzene rings is 1. The van der Waals surface area contributed by atoms with Crippen LogP contribution < -0.4 is 5.32 Å². The maximum Gasteiger partial charge on any atom is 0.222 e. The Morgan fingerprint density at radius 3 is 2.70 bits per heavy atom. The van der Waals surface area contributed by atoms with Crippen LogP contribution in [-0.4, -0.2) is 16.8 Å². The number of hydrogen-bond donors (Lipinski definition) is 1. The number of amides is 1. The minimum atomic E-state index is -0.297. The molecular weight excluding hydrogens is 259 g/mol. The van der Waals surface area contributed by atoms with Crippen molar-refractivity contribution in [1.82, 2.24) is 9.88 Å². The maximum absolute atomic E-state index is 12.7. The molecule has 0 unspecified atom stereocenters. The van der Waals surface area contributed by atoms with E-state index in [1.807, 2.05) is 0 Å². The molecule has 104 valence electrons. The van der Waals surface area contributed by atoms with Gasteiger partial charge in [-0.2, -0.15) is 0 Å². The monoisotopic (exact) mass is 274 g/mol. The van der Waals surface area contributed by atoms with Crippen LogP contribution >= 0.6 is 0 Å². The summed E-state index contributed by atoms with van der Waals surface area (Å²) in [6, 6.07) is 9.44. The molecule has 0 saturated heterocycles. The number of nitrogens with one attached hydrogen (secondary N) is 1.